The Labute approximate surface area is 94.0 Å². The molecule has 1 saturated heterocycles. The first-order chi connectivity index (χ1) is 7.84. The van der Waals surface area contributed by atoms with Gasteiger partial charge in [0.05, 0.1) is 18.2 Å². The van der Waals surface area contributed by atoms with E-state index in [0.29, 0.717) is 11.9 Å². The monoisotopic (exact) mass is 217 g/mol. The van der Waals surface area contributed by atoms with E-state index in [1.54, 1.807) is 0 Å². The number of ether oxygens (including phenoxy) is 1. The fourth-order valence-corrected chi connectivity index (χ4v) is 2.27. The van der Waals surface area contributed by atoms with Gasteiger partial charge in [-0.3, -0.25) is 4.68 Å². The molecule has 0 spiro atoms. The van der Waals surface area contributed by atoms with Crippen molar-refractivity contribution in [2.75, 3.05) is 12.3 Å². The number of para-hydroxylation sites is 1. The van der Waals surface area contributed by atoms with Crippen LogP contribution in [0.25, 0.3) is 10.9 Å². The van der Waals surface area contributed by atoms with Gasteiger partial charge in [0.2, 0.25) is 0 Å². The summed E-state index contributed by atoms with van der Waals surface area (Å²) in [6.45, 7) is 1.68. The van der Waals surface area contributed by atoms with Crippen LogP contribution in [0, 0.1) is 0 Å². The Morgan fingerprint density at radius 2 is 2.31 bits per heavy atom. The van der Waals surface area contributed by atoms with Crippen LogP contribution in [-0.2, 0) is 11.3 Å². The lowest BCUT2D eigenvalue weighted by molar-refractivity contribution is 0.0952. The summed E-state index contributed by atoms with van der Waals surface area (Å²) in [5.41, 5.74) is 6.97. The van der Waals surface area contributed by atoms with Gasteiger partial charge in [-0.15, -0.1) is 0 Å². The van der Waals surface area contributed by atoms with E-state index >= 15 is 0 Å². The Kier molecular flexibility index (Phi) is 2.29. The van der Waals surface area contributed by atoms with E-state index in [1.807, 2.05) is 28.9 Å². The third kappa shape index (κ3) is 1.55. The predicted octanol–water partition coefficient (Wildman–Crippen LogP) is 1.80. The Bertz CT molecular complexity index is 500. The van der Waals surface area contributed by atoms with Crippen molar-refractivity contribution in [2.24, 2.45) is 0 Å². The van der Waals surface area contributed by atoms with Crippen LogP contribution in [0.4, 0.5) is 5.82 Å². The van der Waals surface area contributed by atoms with Gasteiger partial charge < -0.3 is 10.5 Å². The van der Waals surface area contributed by atoms with Gasteiger partial charge in [-0.05, 0) is 25.0 Å². The van der Waals surface area contributed by atoms with E-state index in [4.69, 9.17) is 10.5 Å². The molecule has 1 aliphatic rings. The van der Waals surface area contributed by atoms with Crippen molar-refractivity contribution < 1.29 is 4.74 Å². The van der Waals surface area contributed by atoms with Crippen LogP contribution < -0.4 is 5.73 Å². The van der Waals surface area contributed by atoms with Gasteiger partial charge in [0, 0.05) is 12.0 Å². The second-order valence-electron chi connectivity index (χ2n) is 4.22. The summed E-state index contributed by atoms with van der Waals surface area (Å²) >= 11 is 0. The summed E-state index contributed by atoms with van der Waals surface area (Å²) in [7, 11) is 0. The molecule has 1 atom stereocenters. The lowest BCUT2D eigenvalue weighted by atomic mass is 10.2. The Hall–Kier alpha value is -1.55. The highest BCUT2D eigenvalue weighted by Crippen LogP contribution is 2.22. The third-order valence-corrected chi connectivity index (χ3v) is 3.09. The minimum atomic E-state index is 0.294. The second kappa shape index (κ2) is 3.79. The van der Waals surface area contributed by atoms with Crippen molar-refractivity contribution in [1.82, 2.24) is 9.78 Å². The number of rotatable bonds is 2. The van der Waals surface area contributed by atoms with Crippen LogP contribution in [-0.4, -0.2) is 22.5 Å². The van der Waals surface area contributed by atoms with E-state index in [1.165, 1.54) is 0 Å². The zero-order chi connectivity index (χ0) is 11.0. The molecule has 0 bridgehead atoms. The van der Waals surface area contributed by atoms with E-state index in [0.717, 1.165) is 36.9 Å². The summed E-state index contributed by atoms with van der Waals surface area (Å²) in [5, 5.41) is 5.40. The van der Waals surface area contributed by atoms with Crippen molar-refractivity contribution in [3.05, 3.63) is 24.3 Å². The zero-order valence-electron chi connectivity index (χ0n) is 9.10. The van der Waals surface area contributed by atoms with E-state index in [-0.39, 0.29) is 0 Å². The number of benzene rings is 1. The van der Waals surface area contributed by atoms with Gasteiger partial charge in [0.15, 0.2) is 5.82 Å². The maximum Gasteiger partial charge on any atom is 0.153 e. The Morgan fingerprint density at radius 1 is 1.44 bits per heavy atom. The quantitative estimate of drug-likeness (QED) is 0.834. The van der Waals surface area contributed by atoms with Crippen LogP contribution in [0.5, 0.6) is 0 Å². The number of fused-ring (bicyclic) bond motifs is 1. The number of hydrogen-bond donors (Lipinski definition) is 1. The van der Waals surface area contributed by atoms with Crippen molar-refractivity contribution in [3.63, 3.8) is 0 Å². The highest BCUT2D eigenvalue weighted by molar-refractivity contribution is 5.88. The molecule has 2 aromatic rings. The molecule has 0 amide bonds. The molecule has 1 fully saturated rings. The topological polar surface area (TPSA) is 53.1 Å². The van der Waals surface area contributed by atoms with Gasteiger partial charge in [0.1, 0.15) is 0 Å². The molecule has 1 aromatic carbocycles. The predicted molar refractivity (Wildman–Crippen MR) is 63.1 cm³/mol. The Morgan fingerprint density at radius 3 is 3.12 bits per heavy atom. The number of nitrogen functional groups attached to an aromatic ring is 1. The van der Waals surface area contributed by atoms with Crippen LogP contribution >= 0.6 is 0 Å². The number of anilines is 1. The maximum atomic E-state index is 5.88. The molecular weight excluding hydrogens is 202 g/mol. The first kappa shape index (κ1) is 9.66. The molecule has 4 heteroatoms. The molecular formula is C12H15N3O. The lowest BCUT2D eigenvalue weighted by Crippen LogP contribution is -2.15. The molecule has 1 aliphatic heterocycles. The molecule has 0 saturated carbocycles. The highest BCUT2D eigenvalue weighted by Gasteiger charge is 2.18. The lowest BCUT2D eigenvalue weighted by Gasteiger charge is -2.09. The molecule has 0 radical (unpaired) electrons. The highest BCUT2D eigenvalue weighted by atomic mass is 16.5. The largest absolute Gasteiger partial charge is 0.382 e. The van der Waals surface area contributed by atoms with Crippen LogP contribution in [0.15, 0.2) is 24.3 Å². The van der Waals surface area contributed by atoms with Gasteiger partial charge >= 0.3 is 0 Å². The summed E-state index contributed by atoms with van der Waals surface area (Å²) in [6, 6.07) is 8.05. The second-order valence-corrected chi connectivity index (χ2v) is 4.22. The smallest absolute Gasteiger partial charge is 0.153 e. The standard InChI is InChI=1S/C12H15N3O/c13-12-10-5-1-2-6-11(10)15(14-12)8-9-4-3-7-16-9/h1-2,5-6,9H,3-4,7-8H2,(H2,13,14). The van der Waals surface area contributed by atoms with Crippen molar-refractivity contribution >= 4 is 16.7 Å². The van der Waals surface area contributed by atoms with E-state index in [2.05, 4.69) is 5.10 Å². The van der Waals surface area contributed by atoms with E-state index < -0.39 is 0 Å². The SMILES string of the molecule is Nc1nn(CC2CCCO2)c2ccccc12. The molecule has 0 aliphatic carbocycles. The van der Waals surface area contributed by atoms with E-state index in [9.17, 15) is 0 Å². The first-order valence-electron chi connectivity index (χ1n) is 5.67. The summed E-state index contributed by atoms with van der Waals surface area (Å²) in [4.78, 5) is 0. The Balaban J connectivity index is 1.96. The molecule has 4 nitrogen and oxygen atoms in total. The number of hydrogen-bond acceptors (Lipinski definition) is 3. The van der Waals surface area contributed by atoms with Crippen LogP contribution in [0.3, 0.4) is 0 Å². The molecule has 16 heavy (non-hydrogen) atoms. The zero-order valence-corrected chi connectivity index (χ0v) is 9.10. The first-order valence-corrected chi connectivity index (χ1v) is 5.67. The average Bonchev–Trinajstić information content (AvgIpc) is 2.90. The maximum absolute atomic E-state index is 5.88. The van der Waals surface area contributed by atoms with Crippen molar-refractivity contribution in [2.45, 2.75) is 25.5 Å². The normalized spacial score (nSPS) is 20.6. The summed E-state index contributed by atoms with van der Waals surface area (Å²) in [6.07, 6.45) is 2.57. The molecule has 2 N–H and O–H groups in total. The molecule has 1 aromatic heterocycles. The molecule has 3 rings (SSSR count). The number of nitrogens with two attached hydrogens (primary N) is 1. The van der Waals surface area contributed by atoms with Gasteiger partial charge in [-0.2, -0.15) is 5.10 Å². The van der Waals surface area contributed by atoms with Gasteiger partial charge in [-0.1, -0.05) is 12.1 Å². The summed E-state index contributed by atoms with van der Waals surface area (Å²) < 4.78 is 7.57. The number of aromatic nitrogens is 2. The minimum Gasteiger partial charge on any atom is -0.382 e. The minimum absolute atomic E-state index is 0.294. The number of nitrogens with zero attached hydrogens (tertiary/aromatic N) is 2. The summed E-state index contributed by atoms with van der Waals surface area (Å²) in [5.74, 6) is 0.605. The van der Waals surface area contributed by atoms with Crippen LogP contribution in [0.2, 0.25) is 0 Å². The van der Waals surface area contributed by atoms with Gasteiger partial charge in [0.25, 0.3) is 0 Å². The average molecular weight is 217 g/mol. The fourth-order valence-electron chi connectivity index (χ4n) is 2.27. The third-order valence-electron chi connectivity index (χ3n) is 3.09. The molecule has 84 valence electrons. The van der Waals surface area contributed by atoms with Gasteiger partial charge in [-0.25, -0.2) is 0 Å². The van der Waals surface area contributed by atoms with Crippen LogP contribution in [0.1, 0.15) is 12.8 Å². The molecule has 1 unspecified atom stereocenters. The van der Waals surface area contributed by atoms with Crippen molar-refractivity contribution in [3.8, 4) is 0 Å². The van der Waals surface area contributed by atoms with Crippen molar-refractivity contribution in [1.29, 1.82) is 0 Å². The fraction of sp³-hybridized carbons (Fsp3) is 0.417. The molecule has 2 heterocycles.